The van der Waals surface area contributed by atoms with E-state index >= 15 is 0 Å². The highest BCUT2D eigenvalue weighted by Crippen LogP contribution is 2.23. The van der Waals surface area contributed by atoms with Crippen LogP contribution in [0.15, 0.2) is 24.3 Å². The van der Waals surface area contributed by atoms with Crippen molar-refractivity contribution in [2.45, 2.75) is 19.8 Å². The van der Waals surface area contributed by atoms with Crippen molar-refractivity contribution in [3.63, 3.8) is 0 Å². The number of hydrogen-bond acceptors (Lipinski definition) is 5. The van der Waals surface area contributed by atoms with E-state index in [1.807, 2.05) is 18.6 Å². The number of nitrogens with one attached hydrogen (secondary N) is 1. The molecule has 0 saturated carbocycles. The van der Waals surface area contributed by atoms with Gasteiger partial charge in [0.15, 0.2) is 0 Å². The van der Waals surface area contributed by atoms with Crippen LogP contribution in [0.2, 0.25) is 5.02 Å². The Labute approximate surface area is 133 Å². The smallest absolute Gasteiger partial charge is 0.264 e. The summed E-state index contributed by atoms with van der Waals surface area (Å²) in [5.74, 6) is -0.639. The quantitative estimate of drug-likeness (QED) is 0.913. The number of para-hydroxylation sites is 1. The summed E-state index contributed by atoms with van der Waals surface area (Å²) >= 11 is 6.15. The van der Waals surface area contributed by atoms with Gasteiger partial charge in [0, 0.05) is 5.92 Å². The zero-order chi connectivity index (χ0) is 16.5. The third kappa shape index (κ3) is 3.63. The first-order chi connectivity index (χ1) is 10.2. The molecule has 0 aliphatic heterocycles. The fourth-order valence-corrected chi connectivity index (χ4v) is 2.45. The lowest BCUT2D eigenvalue weighted by Crippen LogP contribution is -2.30. The Morgan fingerprint density at radius 3 is 2.50 bits per heavy atom. The number of hydrogen-bond donors (Lipinski definition) is 1. The van der Waals surface area contributed by atoms with Crippen molar-refractivity contribution in [3.05, 3.63) is 40.9 Å². The van der Waals surface area contributed by atoms with Crippen molar-refractivity contribution in [1.29, 1.82) is 0 Å². The summed E-state index contributed by atoms with van der Waals surface area (Å²) in [5.41, 5.74) is 0.568. The maximum Gasteiger partial charge on any atom is 0.304 e. The first kappa shape index (κ1) is 16.4. The zero-order valence-electron chi connectivity index (χ0n) is 12.2. The van der Waals surface area contributed by atoms with Crippen molar-refractivity contribution in [2.75, 3.05) is 6.26 Å². The minimum Gasteiger partial charge on any atom is -0.264 e. The van der Waals surface area contributed by atoms with E-state index in [0.29, 0.717) is 16.5 Å². The van der Waals surface area contributed by atoms with Crippen molar-refractivity contribution in [1.82, 2.24) is 19.5 Å². The van der Waals surface area contributed by atoms with Crippen LogP contribution in [-0.4, -0.2) is 35.3 Å². The van der Waals surface area contributed by atoms with Gasteiger partial charge in [-0.1, -0.05) is 37.6 Å². The Bertz CT molecular complexity index is 814. The third-order valence-electron chi connectivity index (χ3n) is 2.71. The molecule has 0 radical (unpaired) electrons. The van der Waals surface area contributed by atoms with Gasteiger partial charge in [-0.25, -0.2) is 22.8 Å². The Morgan fingerprint density at radius 1 is 1.32 bits per heavy atom. The number of rotatable bonds is 4. The molecule has 0 unspecified atom stereocenters. The maximum atomic E-state index is 11.9. The maximum absolute atomic E-state index is 11.9. The molecule has 1 aromatic heterocycles. The van der Waals surface area contributed by atoms with Crippen molar-refractivity contribution < 1.29 is 13.2 Å². The van der Waals surface area contributed by atoms with Crippen molar-refractivity contribution >= 4 is 27.5 Å². The first-order valence-corrected chi connectivity index (χ1v) is 8.70. The Hall–Kier alpha value is -1.93. The normalized spacial score (nSPS) is 11.7. The lowest BCUT2D eigenvalue weighted by atomic mass is 10.2. The zero-order valence-corrected chi connectivity index (χ0v) is 13.8. The van der Waals surface area contributed by atoms with Gasteiger partial charge < -0.3 is 0 Å². The molecule has 0 bridgehead atoms. The molecule has 7 nitrogen and oxygen atoms in total. The fraction of sp³-hybridized carbons (Fsp3) is 0.308. The van der Waals surface area contributed by atoms with Gasteiger partial charge in [-0.3, -0.25) is 4.79 Å². The summed E-state index contributed by atoms with van der Waals surface area (Å²) in [6.45, 7) is 3.77. The number of halogens is 1. The Morgan fingerprint density at radius 2 is 1.95 bits per heavy atom. The average molecular weight is 343 g/mol. The molecule has 2 aromatic rings. The summed E-state index contributed by atoms with van der Waals surface area (Å²) in [4.78, 5) is 16.0. The highest BCUT2D eigenvalue weighted by Gasteiger charge is 2.22. The number of nitrogens with zero attached hydrogens (tertiary/aromatic N) is 3. The first-order valence-electron chi connectivity index (χ1n) is 6.43. The molecule has 2 rings (SSSR count). The van der Waals surface area contributed by atoms with Crippen LogP contribution in [0.3, 0.4) is 0 Å². The molecule has 1 amide bonds. The summed E-state index contributed by atoms with van der Waals surface area (Å²) < 4.78 is 25.6. The molecular weight excluding hydrogens is 328 g/mol. The molecule has 9 heteroatoms. The molecule has 0 aliphatic rings. The number of sulfonamides is 1. The van der Waals surface area contributed by atoms with Gasteiger partial charge in [-0.15, -0.1) is 5.10 Å². The van der Waals surface area contributed by atoms with Crippen LogP contribution in [0.5, 0.6) is 0 Å². The van der Waals surface area contributed by atoms with Gasteiger partial charge in [0.05, 0.1) is 17.0 Å². The molecule has 22 heavy (non-hydrogen) atoms. The van der Waals surface area contributed by atoms with Gasteiger partial charge in [0.2, 0.25) is 15.8 Å². The van der Waals surface area contributed by atoms with E-state index in [2.05, 4.69) is 10.1 Å². The number of aromatic nitrogens is 3. The van der Waals surface area contributed by atoms with Gasteiger partial charge in [0.25, 0.3) is 0 Å². The van der Waals surface area contributed by atoms with Gasteiger partial charge >= 0.3 is 5.91 Å². The predicted octanol–water partition coefficient (Wildman–Crippen LogP) is 1.73. The van der Waals surface area contributed by atoms with Gasteiger partial charge in [-0.2, -0.15) is 0 Å². The van der Waals surface area contributed by atoms with Gasteiger partial charge in [-0.05, 0) is 12.1 Å². The van der Waals surface area contributed by atoms with Crippen molar-refractivity contribution in [3.8, 4) is 5.69 Å². The molecule has 118 valence electrons. The lowest BCUT2D eigenvalue weighted by molar-refractivity contribution is 0.0971. The Balaban J connectivity index is 2.52. The van der Waals surface area contributed by atoms with Crippen LogP contribution < -0.4 is 4.72 Å². The minimum atomic E-state index is -3.68. The molecule has 0 fully saturated rings. The second-order valence-corrected chi connectivity index (χ2v) is 7.17. The number of benzene rings is 1. The van der Waals surface area contributed by atoms with E-state index < -0.39 is 15.9 Å². The highest BCUT2D eigenvalue weighted by molar-refractivity contribution is 7.89. The second-order valence-electron chi connectivity index (χ2n) is 5.01. The van der Waals surface area contributed by atoms with Gasteiger partial charge in [0.1, 0.15) is 5.82 Å². The SMILES string of the molecule is CC(C)c1nc(C(=O)NS(C)(=O)=O)nn1-c1ccccc1Cl. The largest absolute Gasteiger partial charge is 0.304 e. The molecule has 0 spiro atoms. The molecule has 0 saturated heterocycles. The summed E-state index contributed by atoms with van der Waals surface area (Å²) in [7, 11) is -3.68. The topological polar surface area (TPSA) is 93.9 Å². The van der Waals surface area contributed by atoms with Crippen LogP contribution >= 0.6 is 11.6 Å². The predicted molar refractivity (Wildman–Crippen MR) is 82.8 cm³/mol. The number of amides is 1. The standard InChI is InChI=1S/C13H15ClN4O3S/c1-8(2)12-15-11(13(19)17-22(3,20)21)16-18(12)10-7-5-4-6-9(10)14/h4-8H,1-3H3,(H,17,19). The van der Waals surface area contributed by atoms with Crippen molar-refractivity contribution in [2.24, 2.45) is 0 Å². The lowest BCUT2D eigenvalue weighted by Gasteiger charge is -2.09. The molecule has 1 heterocycles. The van der Waals surface area contributed by atoms with Crippen LogP contribution in [-0.2, 0) is 10.0 Å². The van der Waals surface area contributed by atoms with E-state index in [0.717, 1.165) is 6.26 Å². The summed E-state index contributed by atoms with van der Waals surface area (Å²) in [6, 6.07) is 6.98. The minimum absolute atomic E-state index is 0.0384. The molecule has 0 aliphatic carbocycles. The Kier molecular flexibility index (Phi) is 4.52. The monoisotopic (exact) mass is 342 g/mol. The van der Waals surface area contributed by atoms with E-state index in [1.165, 1.54) is 4.68 Å². The summed E-state index contributed by atoms with van der Waals surface area (Å²) in [6.07, 6.45) is 0.888. The molecule has 1 aromatic carbocycles. The van der Waals surface area contributed by atoms with Crippen LogP contribution in [0.4, 0.5) is 0 Å². The van der Waals surface area contributed by atoms with E-state index in [1.54, 1.807) is 24.3 Å². The highest BCUT2D eigenvalue weighted by atomic mass is 35.5. The number of carbonyl (C=O) groups is 1. The third-order valence-corrected chi connectivity index (χ3v) is 3.59. The average Bonchev–Trinajstić information content (AvgIpc) is 2.82. The number of carbonyl (C=O) groups excluding carboxylic acids is 1. The van der Waals surface area contributed by atoms with E-state index in [4.69, 9.17) is 11.6 Å². The van der Waals surface area contributed by atoms with E-state index in [9.17, 15) is 13.2 Å². The fourth-order valence-electron chi connectivity index (χ4n) is 1.81. The molecular formula is C13H15ClN4O3S. The molecule has 1 N–H and O–H groups in total. The molecule has 0 atom stereocenters. The van der Waals surface area contributed by atoms with E-state index in [-0.39, 0.29) is 11.7 Å². The van der Waals surface area contributed by atoms with Crippen LogP contribution in [0, 0.1) is 0 Å². The summed E-state index contributed by atoms with van der Waals surface area (Å²) in [5, 5.41) is 4.54. The van der Waals surface area contributed by atoms with Crippen LogP contribution in [0.1, 0.15) is 36.2 Å². The van der Waals surface area contributed by atoms with Crippen LogP contribution in [0.25, 0.3) is 5.69 Å². The second kappa shape index (κ2) is 6.05.